The summed E-state index contributed by atoms with van der Waals surface area (Å²) in [5, 5.41) is 0. The van der Waals surface area contributed by atoms with E-state index in [1.807, 2.05) is 0 Å². The summed E-state index contributed by atoms with van der Waals surface area (Å²) < 4.78 is 0. The van der Waals surface area contributed by atoms with E-state index < -0.39 is 0 Å². The Morgan fingerprint density at radius 1 is 1.46 bits per heavy atom. The Hall–Kier alpha value is -0.0800. The van der Waals surface area contributed by atoms with Crippen molar-refractivity contribution in [3.05, 3.63) is 0 Å². The summed E-state index contributed by atoms with van der Waals surface area (Å²) in [6.45, 7) is 4.70. The van der Waals surface area contributed by atoms with Crippen molar-refractivity contribution in [2.45, 2.75) is 45.1 Å². The second kappa shape index (κ2) is 5.61. The van der Waals surface area contributed by atoms with Gasteiger partial charge >= 0.3 is 0 Å². The number of hydrogen-bond acceptors (Lipinski definition) is 2. The lowest BCUT2D eigenvalue weighted by Gasteiger charge is -2.17. The fourth-order valence-electron chi connectivity index (χ4n) is 1.66. The lowest BCUT2D eigenvalue weighted by atomic mass is 10.1. The van der Waals surface area contributed by atoms with Crippen LogP contribution in [0.3, 0.4) is 0 Å². The molecule has 1 fully saturated rings. The maximum atomic E-state index is 5.85. The average Bonchev–Trinajstić information content (AvgIpc) is 2.88. The minimum atomic E-state index is 0.425. The zero-order valence-electron chi connectivity index (χ0n) is 9.13. The highest BCUT2D eigenvalue weighted by Crippen LogP contribution is 2.29. The van der Waals surface area contributed by atoms with Crippen molar-refractivity contribution in [1.82, 2.24) is 4.90 Å². The van der Waals surface area contributed by atoms with Gasteiger partial charge in [-0.1, -0.05) is 6.92 Å². The molecule has 0 aliphatic heterocycles. The summed E-state index contributed by atoms with van der Waals surface area (Å²) in [4.78, 5) is 2.46. The van der Waals surface area contributed by atoms with Gasteiger partial charge in [0.25, 0.3) is 0 Å². The van der Waals surface area contributed by atoms with Crippen LogP contribution in [0.25, 0.3) is 0 Å². The molecule has 1 aliphatic rings. The first-order valence-electron chi connectivity index (χ1n) is 5.66. The van der Waals surface area contributed by atoms with E-state index in [2.05, 4.69) is 18.9 Å². The molecule has 0 saturated heterocycles. The van der Waals surface area contributed by atoms with E-state index in [1.54, 1.807) is 0 Å². The van der Waals surface area contributed by atoms with Gasteiger partial charge in [0.05, 0.1) is 0 Å². The van der Waals surface area contributed by atoms with Gasteiger partial charge in [0.2, 0.25) is 0 Å². The number of rotatable bonds is 7. The molecule has 78 valence electrons. The molecule has 0 amide bonds. The number of nitrogens with zero attached hydrogens (tertiary/aromatic N) is 1. The van der Waals surface area contributed by atoms with Gasteiger partial charge in [0, 0.05) is 12.6 Å². The Kier molecular flexibility index (Phi) is 4.74. The van der Waals surface area contributed by atoms with E-state index in [9.17, 15) is 0 Å². The van der Waals surface area contributed by atoms with Crippen molar-refractivity contribution < 1.29 is 0 Å². The van der Waals surface area contributed by atoms with Gasteiger partial charge in [0.1, 0.15) is 0 Å². The Labute approximate surface area is 82.5 Å². The van der Waals surface area contributed by atoms with Crippen LogP contribution in [0.15, 0.2) is 0 Å². The molecule has 0 bridgehead atoms. The van der Waals surface area contributed by atoms with Crippen molar-refractivity contribution >= 4 is 0 Å². The topological polar surface area (TPSA) is 29.3 Å². The lowest BCUT2D eigenvalue weighted by Crippen LogP contribution is -2.25. The van der Waals surface area contributed by atoms with E-state index in [4.69, 9.17) is 5.73 Å². The lowest BCUT2D eigenvalue weighted by molar-refractivity contribution is 0.308. The predicted molar refractivity (Wildman–Crippen MR) is 57.7 cm³/mol. The van der Waals surface area contributed by atoms with Gasteiger partial charge in [-0.3, -0.25) is 0 Å². The van der Waals surface area contributed by atoms with Crippen molar-refractivity contribution in [3.8, 4) is 0 Å². The first-order chi connectivity index (χ1) is 6.22. The molecule has 0 aromatic rings. The second-order valence-electron chi connectivity index (χ2n) is 4.52. The highest BCUT2D eigenvalue weighted by molar-refractivity contribution is 4.76. The minimum absolute atomic E-state index is 0.425. The highest BCUT2D eigenvalue weighted by atomic mass is 15.1. The van der Waals surface area contributed by atoms with Gasteiger partial charge in [-0.15, -0.1) is 0 Å². The SMILES string of the molecule is CCC(N)CCCN(C)CC1CC1. The van der Waals surface area contributed by atoms with Crippen LogP contribution < -0.4 is 5.73 Å². The molecular weight excluding hydrogens is 160 g/mol. The first kappa shape index (κ1) is 11.0. The molecule has 2 nitrogen and oxygen atoms in total. The van der Waals surface area contributed by atoms with Crippen LogP contribution in [0.1, 0.15) is 39.0 Å². The summed E-state index contributed by atoms with van der Waals surface area (Å²) >= 11 is 0. The van der Waals surface area contributed by atoms with Gasteiger partial charge in [-0.2, -0.15) is 0 Å². The molecule has 0 aromatic carbocycles. The smallest absolute Gasteiger partial charge is 0.00366 e. The molecule has 13 heavy (non-hydrogen) atoms. The Morgan fingerprint density at radius 2 is 2.15 bits per heavy atom. The van der Waals surface area contributed by atoms with Gasteiger partial charge in [-0.25, -0.2) is 0 Å². The van der Waals surface area contributed by atoms with Crippen LogP contribution >= 0.6 is 0 Å². The third-order valence-corrected chi connectivity index (χ3v) is 2.91. The largest absolute Gasteiger partial charge is 0.328 e. The molecule has 2 N–H and O–H groups in total. The predicted octanol–water partition coefficient (Wildman–Crippen LogP) is 1.85. The number of nitrogens with two attached hydrogens (primary N) is 1. The molecule has 1 rings (SSSR count). The summed E-state index contributed by atoms with van der Waals surface area (Å²) in [5.41, 5.74) is 5.85. The maximum Gasteiger partial charge on any atom is 0.00366 e. The molecule has 1 unspecified atom stereocenters. The second-order valence-corrected chi connectivity index (χ2v) is 4.52. The average molecular weight is 184 g/mol. The van der Waals surface area contributed by atoms with E-state index >= 15 is 0 Å². The molecule has 1 atom stereocenters. The third-order valence-electron chi connectivity index (χ3n) is 2.91. The van der Waals surface area contributed by atoms with Crippen LogP contribution in [0.5, 0.6) is 0 Å². The molecule has 1 aliphatic carbocycles. The van der Waals surface area contributed by atoms with Crippen molar-refractivity contribution in [2.75, 3.05) is 20.1 Å². The molecule has 0 aromatic heterocycles. The molecule has 0 radical (unpaired) electrons. The van der Waals surface area contributed by atoms with Crippen molar-refractivity contribution in [2.24, 2.45) is 11.7 Å². The van der Waals surface area contributed by atoms with Crippen molar-refractivity contribution in [3.63, 3.8) is 0 Å². The van der Waals surface area contributed by atoms with Gasteiger partial charge < -0.3 is 10.6 Å². The monoisotopic (exact) mass is 184 g/mol. The summed E-state index contributed by atoms with van der Waals surface area (Å²) in [6.07, 6.45) is 6.48. The zero-order valence-corrected chi connectivity index (χ0v) is 9.13. The zero-order chi connectivity index (χ0) is 9.68. The molecule has 2 heteroatoms. The van der Waals surface area contributed by atoms with Crippen LogP contribution in [0.2, 0.25) is 0 Å². The van der Waals surface area contributed by atoms with Crippen LogP contribution in [-0.4, -0.2) is 31.1 Å². The summed E-state index contributed by atoms with van der Waals surface area (Å²) in [7, 11) is 2.23. The standard InChI is InChI=1S/C11H24N2/c1-3-11(12)5-4-8-13(2)9-10-6-7-10/h10-11H,3-9,12H2,1-2H3. The van der Waals surface area contributed by atoms with Crippen LogP contribution in [0, 0.1) is 5.92 Å². The van der Waals surface area contributed by atoms with Crippen molar-refractivity contribution in [1.29, 1.82) is 0 Å². The Balaban J connectivity index is 1.91. The first-order valence-corrected chi connectivity index (χ1v) is 5.66. The van der Waals surface area contributed by atoms with Gasteiger partial charge in [-0.05, 0) is 51.6 Å². The van der Waals surface area contributed by atoms with Gasteiger partial charge in [0.15, 0.2) is 0 Å². The van der Waals surface area contributed by atoms with E-state index in [0.29, 0.717) is 6.04 Å². The molecule has 0 heterocycles. The van der Waals surface area contributed by atoms with Crippen LogP contribution in [0.4, 0.5) is 0 Å². The minimum Gasteiger partial charge on any atom is -0.328 e. The Bertz CT molecular complexity index is 132. The fourth-order valence-corrected chi connectivity index (χ4v) is 1.66. The van der Waals surface area contributed by atoms with Crippen LogP contribution in [-0.2, 0) is 0 Å². The Morgan fingerprint density at radius 3 is 2.69 bits per heavy atom. The summed E-state index contributed by atoms with van der Waals surface area (Å²) in [5.74, 6) is 1.02. The molecule has 1 saturated carbocycles. The third kappa shape index (κ3) is 5.27. The number of hydrogen-bond donors (Lipinski definition) is 1. The van der Waals surface area contributed by atoms with E-state index in [1.165, 1.54) is 38.8 Å². The van der Waals surface area contributed by atoms with E-state index in [-0.39, 0.29) is 0 Å². The quantitative estimate of drug-likeness (QED) is 0.654. The maximum absolute atomic E-state index is 5.85. The molecular formula is C11H24N2. The summed E-state index contributed by atoms with van der Waals surface area (Å²) in [6, 6.07) is 0.425. The normalized spacial score (nSPS) is 19.4. The highest BCUT2D eigenvalue weighted by Gasteiger charge is 2.22. The molecule has 0 spiro atoms. The van der Waals surface area contributed by atoms with E-state index in [0.717, 1.165) is 12.3 Å². The fraction of sp³-hybridized carbons (Fsp3) is 1.00.